The lowest BCUT2D eigenvalue weighted by Crippen LogP contribution is -1.84. The molecule has 1 rings (SSSR count). The monoisotopic (exact) mass is 170 g/mol. The van der Waals surface area contributed by atoms with E-state index in [1.807, 2.05) is 0 Å². The second-order valence-electron chi connectivity index (χ2n) is 2.15. The van der Waals surface area contributed by atoms with Gasteiger partial charge in [-0.1, -0.05) is 18.5 Å². The van der Waals surface area contributed by atoms with Gasteiger partial charge in [0.2, 0.25) is 0 Å². The van der Waals surface area contributed by atoms with Crippen LogP contribution in [0.5, 0.6) is 0 Å². The number of hydrogen-bond donors (Lipinski definition) is 2. The summed E-state index contributed by atoms with van der Waals surface area (Å²) in [6.45, 7) is 1.80. The lowest BCUT2D eigenvalue weighted by Gasteiger charge is -1.83. The first kappa shape index (κ1) is 9.49. The third kappa shape index (κ3) is 4.38. The van der Waals surface area contributed by atoms with E-state index in [9.17, 15) is 4.39 Å². The van der Waals surface area contributed by atoms with Crippen molar-refractivity contribution < 1.29 is 19.4 Å². The Kier molecular flexibility index (Phi) is 2.90. The van der Waals surface area contributed by atoms with E-state index in [0.717, 1.165) is 0 Å². The highest BCUT2D eigenvalue weighted by Crippen LogP contribution is 2.50. The van der Waals surface area contributed by atoms with Gasteiger partial charge in [-0.2, -0.15) is 0 Å². The smallest absolute Gasteiger partial charge is 0.450 e. The zero-order chi connectivity index (χ0) is 8.36. The molecule has 3 nitrogen and oxygen atoms in total. The molecule has 60 valence electrons. The average molecular weight is 171 g/mol. The van der Waals surface area contributed by atoms with E-state index in [4.69, 9.17) is 26.6 Å². The van der Waals surface area contributed by atoms with E-state index in [-0.39, 0.29) is 5.92 Å². The van der Waals surface area contributed by atoms with Crippen LogP contribution in [0.4, 0.5) is 9.18 Å². The van der Waals surface area contributed by atoms with Gasteiger partial charge in [-0.05, 0) is 0 Å². The van der Waals surface area contributed by atoms with Crippen LogP contribution in [-0.4, -0.2) is 21.5 Å². The molecule has 2 atom stereocenters. The van der Waals surface area contributed by atoms with Crippen molar-refractivity contribution in [2.75, 3.05) is 0 Å². The Bertz CT molecular complexity index is 133. The average Bonchev–Trinajstić information content (AvgIpc) is 2.08. The molecule has 1 aliphatic carbocycles. The molecule has 0 saturated heterocycles. The van der Waals surface area contributed by atoms with Crippen molar-refractivity contribution in [1.82, 2.24) is 0 Å². The zero-order valence-corrected chi connectivity index (χ0v) is 6.10. The van der Waals surface area contributed by atoms with E-state index in [2.05, 4.69) is 0 Å². The topological polar surface area (TPSA) is 57.5 Å². The van der Waals surface area contributed by atoms with Crippen LogP contribution < -0.4 is 0 Å². The van der Waals surface area contributed by atoms with Crippen LogP contribution in [0.25, 0.3) is 0 Å². The fourth-order valence-electron chi connectivity index (χ4n) is 0.349. The van der Waals surface area contributed by atoms with Crippen LogP contribution in [0, 0.1) is 5.92 Å². The first-order valence-electron chi connectivity index (χ1n) is 2.66. The van der Waals surface area contributed by atoms with Gasteiger partial charge in [0.1, 0.15) is 0 Å². The Hall–Kier alpha value is -0.510. The molecule has 0 aromatic carbocycles. The third-order valence-corrected chi connectivity index (χ3v) is 1.67. The van der Waals surface area contributed by atoms with Crippen LogP contribution in [-0.2, 0) is 0 Å². The van der Waals surface area contributed by atoms with E-state index < -0.39 is 11.3 Å². The number of carboxylic acid groups (broad SMARTS) is 2. The summed E-state index contributed by atoms with van der Waals surface area (Å²) in [5.41, 5.74) is 0. The van der Waals surface area contributed by atoms with Crippen molar-refractivity contribution in [2.45, 2.75) is 18.5 Å². The Morgan fingerprint density at radius 3 is 1.90 bits per heavy atom. The predicted molar refractivity (Wildman–Crippen MR) is 34.1 cm³/mol. The number of hydrogen-bond acceptors (Lipinski definition) is 1. The van der Waals surface area contributed by atoms with Gasteiger partial charge < -0.3 is 10.2 Å². The largest absolute Gasteiger partial charge is 0.503 e. The fraction of sp³-hybridized carbons (Fsp3) is 0.800. The highest BCUT2D eigenvalue weighted by molar-refractivity contribution is 6.24. The van der Waals surface area contributed by atoms with E-state index in [1.54, 1.807) is 6.92 Å². The summed E-state index contributed by atoms with van der Waals surface area (Å²) in [6.07, 6.45) is -1.30. The molecule has 0 heterocycles. The predicted octanol–water partition coefficient (Wildman–Crippen LogP) is 2.15. The molecule has 0 aromatic heterocycles. The van der Waals surface area contributed by atoms with Gasteiger partial charge in [0.15, 0.2) is 5.13 Å². The van der Waals surface area contributed by atoms with Gasteiger partial charge in [0.25, 0.3) is 0 Å². The molecule has 0 aliphatic heterocycles. The Morgan fingerprint density at radius 2 is 1.90 bits per heavy atom. The summed E-state index contributed by atoms with van der Waals surface area (Å²) >= 11 is 5.12. The lowest BCUT2D eigenvalue weighted by atomic mass is 10.5. The Labute approximate surface area is 62.4 Å². The van der Waals surface area contributed by atoms with Crippen LogP contribution in [0.15, 0.2) is 0 Å². The van der Waals surface area contributed by atoms with Crippen LogP contribution in [0.1, 0.15) is 13.3 Å². The maximum absolute atomic E-state index is 12.0. The Balaban J connectivity index is 0.000000180. The molecular weight excluding hydrogens is 163 g/mol. The second-order valence-corrected chi connectivity index (χ2v) is 2.78. The number of alkyl halides is 2. The highest BCUT2D eigenvalue weighted by atomic mass is 35.5. The fourth-order valence-corrected chi connectivity index (χ4v) is 0.581. The highest BCUT2D eigenvalue weighted by Gasteiger charge is 2.50. The van der Waals surface area contributed by atoms with Gasteiger partial charge >= 0.3 is 6.16 Å². The maximum atomic E-state index is 12.0. The second kappa shape index (κ2) is 3.05. The van der Waals surface area contributed by atoms with Crippen molar-refractivity contribution in [3.8, 4) is 0 Å². The molecule has 2 N–H and O–H groups in total. The number of halogens is 2. The van der Waals surface area contributed by atoms with Crippen molar-refractivity contribution in [1.29, 1.82) is 0 Å². The summed E-state index contributed by atoms with van der Waals surface area (Å²) in [6, 6.07) is 0. The van der Waals surface area contributed by atoms with Crippen LogP contribution >= 0.6 is 11.6 Å². The van der Waals surface area contributed by atoms with E-state index in [0.29, 0.717) is 6.42 Å². The van der Waals surface area contributed by atoms with Crippen LogP contribution in [0.2, 0.25) is 0 Å². The first-order chi connectivity index (χ1) is 4.36. The van der Waals surface area contributed by atoms with Gasteiger partial charge in [0, 0.05) is 12.3 Å². The molecule has 2 unspecified atom stereocenters. The van der Waals surface area contributed by atoms with Crippen molar-refractivity contribution in [2.24, 2.45) is 5.92 Å². The first-order valence-corrected chi connectivity index (χ1v) is 3.04. The van der Waals surface area contributed by atoms with Gasteiger partial charge in [-0.3, -0.25) is 0 Å². The summed E-state index contributed by atoms with van der Waals surface area (Å²) < 4.78 is 12.0. The molecule has 0 aromatic rings. The van der Waals surface area contributed by atoms with Gasteiger partial charge in [0.05, 0.1) is 0 Å². The molecule has 0 bridgehead atoms. The minimum atomic E-state index is -1.83. The maximum Gasteiger partial charge on any atom is 0.503 e. The molecule has 5 heteroatoms. The lowest BCUT2D eigenvalue weighted by molar-refractivity contribution is 0.137. The van der Waals surface area contributed by atoms with E-state index in [1.165, 1.54) is 0 Å². The molecule has 0 spiro atoms. The van der Waals surface area contributed by atoms with Crippen molar-refractivity contribution >= 4 is 17.8 Å². The molecule has 10 heavy (non-hydrogen) atoms. The SMILES string of the molecule is CC1CC1(F)Cl.O=C(O)O. The number of rotatable bonds is 0. The zero-order valence-electron chi connectivity index (χ0n) is 5.34. The normalized spacial score (nSPS) is 35.7. The summed E-state index contributed by atoms with van der Waals surface area (Å²) in [5, 5.41) is 12.6. The summed E-state index contributed by atoms with van der Waals surface area (Å²) in [4.78, 5) is 8.56. The number of carbonyl (C=O) groups is 1. The molecular formula is C5H8ClFO3. The summed E-state index contributed by atoms with van der Waals surface area (Å²) in [7, 11) is 0. The summed E-state index contributed by atoms with van der Waals surface area (Å²) in [5.74, 6) is 0.0965. The van der Waals surface area contributed by atoms with Gasteiger partial charge in [-0.15, -0.1) is 0 Å². The molecule has 0 amide bonds. The van der Waals surface area contributed by atoms with Crippen molar-refractivity contribution in [3.05, 3.63) is 0 Å². The Morgan fingerprint density at radius 1 is 1.80 bits per heavy atom. The minimum Gasteiger partial charge on any atom is -0.450 e. The van der Waals surface area contributed by atoms with Gasteiger partial charge in [-0.25, -0.2) is 9.18 Å². The van der Waals surface area contributed by atoms with Crippen LogP contribution in [0.3, 0.4) is 0 Å². The van der Waals surface area contributed by atoms with Crippen molar-refractivity contribution in [3.63, 3.8) is 0 Å². The van der Waals surface area contributed by atoms with E-state index >= 15 is 0 Å². The minimum absolute atomic E-state index is 0.0965. The molecule has 1 saturated carbocycles. The molecule has 1 fully saturated rings. The molecule has 0 radical (unpaired) electrons. The quantitative estimate of drug-likeness (QED) is 0.548. The molecule has 1 aliphatic rings. The standard InChI is InChI=1S/C4H6ClF.CH2O3/c1-3-2-4(3,5)6;2-1(3)4/h3H,2H2,1H3;(H2,2,3,4). The third-order valence-electron chi connectivity index (χ3n) is 1.14.